The molecule has 0 atom stereocenters. The second-order valence-corrected chi connectivity index (χ2v) is 6.84. The first-order chi connectivity index (χ1) is 13.6. The van der Waals surface area contributed by atoms with E-state index >= 15 is 0 Å². The fraction of sp³-hybridized carbons (Fsp3) is 0.211. The monoisotopic (exact) mass is 397 g/mol. The van der Waals surface area contributed by atoms with Gasteiger partial charge in [-0.1, -0.05) is 41.6 Å². The third-order valence-corrected chi connectivity index (χ3v) is 4.80. The number of ether oxygens (including phenoxy) is 1. The van der Waals surface area contributed by atoms with E-state index in [9.17, 15) is 10.1 Å². The lowest BCUT2D eigenvalue weighted by Gasteiger charge is -2.04. The van der Waals surface area contributed by atoms with Crippen molar-refractivity contribution in [2.75, 3.05) is 6.61 Å². The Balaban J connectivity index is 1.73. The number of hydrogen-bond acceptors (Lipinski definition) is 7. The number of rotatable bonds is 8. The van der Waals surface area contributed by atoms with Crippen LogP contribution in [0.1, 0.15) is 23.6 Å². The Morgan fingerprint density at radius 2 is 2.07 bits per heavy atom. The van der Waals surface area contributed by atoms with Gasteiger partial charge in [0.2, 0.25) is 5.16 Å². The summed E-state index contributed by atoms with van der Waals surface area (Å²) in [6.45, 7) is 4.19. The van der Waals surface area contributed by atoms with Crippen LogP contribution in [0.15, 0.2) is 59.0 Å². The van der Waals surface area contributed by atoms with Crippen molar-refractivity contribution >= 4 is 23.7 Å². The topological polar surface area (TPSA) is 95.4 Å². The molecule has 2 aromatic carbocycles. The molecule has 9 heteroatoms. The van der Waals surface area contributed by atoms with Gasteiger partial charge in [0.05, 0.1) is 17.7 Å². The molecule has 28 heavy (non-hydrogen) atoms. The largest absolute Gasteiger partial charge is 0.487 e. The molecule has 1 heterocycles. The minimum Gasteiger partial charge on any atom is -0.487 e. The summed E-state index contributed by atoms with van der Waals surface area (Å²) < 4.78 is 6.83. The van der Waals surface area contributed by atoms with Gasteiger partial charge in [-0.15, -0.1) is 10.2 Å². The van der Waals surface area contributed by atoms with E-state index in [0.717, 1.165) is 5.75 Å². The van der Waals surface area contributed by atoms with Gasteiger partial charge in [-0.3, -0.25) is 10.1 Å². The summed E-state index contributed by atoms with van der Waals surface area (Å²) in [5, 5.41) is 24.2. The third-order valence-electron chi connectivity index (χ3n) is 3.80. The Kier molecular flexibility index (Phi) is 6.38. The molecule has 144 valence electrons. The highest BCUT2D eigenvalue weighted by atomic mass is 32.2. The molecule has 0 N–H and O–H groups in total. The highest BCUT2D eigenvalue weighted by molar-refractivity contribution is 7.98. The van der Waals surface area contributed by atoms with Crippen molar-refractivity contribution < 1.29 is 9.66 Å². The molecule has 0 radical (unpaired) electrons. The van der Waals surface area contributed by atoms with Gasteiger partial charge in [-0.25, -0.2) is 0 Å². The maximum absolute atomic E-state index is 11.2. The predicted octanol–water partition coefficient (Wildman–Crippen LogP) is 4.07. The SMILES string of the molecule is CCOc1ccc(/C=N/n2cnnc2SCc2ccc(C)cc2)cc1[N+](=O)[O-]. The van der Waals surface area contributed by atoms with Gasteiger partial charge in [0.15, 0.2) is 5.75 Å². The van der Waals surface area contributed by atoms with Crippen molar-refractivity contribution in [2.24, 2.45) is 5.10 Å². The molecule has 8 nitrogen and oxygen atoms in total. The first kappa shape index (κ1) is 19.6. The number of aryl methyl sites for hydroxylation is 1. The molecular formula is C19H19N5O3S. The normalized spacial score (nSPS) is 11.1. The molecule has 0 aliphatic rings. The number of nitrogens with zero attached hydrogens (tertiary/aromatic N) is 5. The molecule has 0 aliphatic heterocycles. The van der Waals surface area contributed by atoms with Gasteiger partial charge in [-0.05, 0) is 31.5 Å². The summed E-state index contributed by atoms with van der Waals surface area (Å²) in [6, 6.07) is 13.0. The van der Waals surface area contributed by atoms with Crippen LogP contribution in [-0.4, -0.2) is 32.6 Å². The van der Waals surface area contributed by atoms with Crippen LogP contribution < -0.4 is 4.74 Å². The summed E-state index contributed by atoms with van der Waals surface area (Å²) in [5.41, 5.74) is 2.88. The van der Waals surface area contributed by atoms with E-state index in [4.69, 9.17) is 4.74 Å². The maximum atomic E-state index is 11.2. The van der Waals surface area contributed by atoms with E-state index in [1.54, 1.807) is 23.7 Å². The number of benzene rings is 2. The fourth-order valence-corrected chi connectivity index (χ4v) is 3.21. The maximum Gasteiger partial charge on any atom is 0.311 e. The number of aromatic nitrogens is 3. The molecule has 3 aromatic rings. The molecule has 0 saturated carbocycles. The van der Waals surface area contributed by atoms with Crippen LogP contribution in [0.3, 0.4) is 0 Å². The van der Waals surface area contributed by atoms with E-state index in [-0.39, 0.29) is 11.4 Å². The van der Waals surface area contributed by atoms with Crippen LogP contribution in [0.2, 0.25) is 0 Å². The van der Waals surface area contributed by atoms with Crippen LogP contribution in [0.25, 0.3) is 0 Å². The molecule has 0 amide bonds. The molecular weight excluding hydrogens is 378 g/mol. The van der Waals surface area contributed by atoms with Crippen molar-refractivity contribution in [3.63, 3.8) is 0 Å². The second-order valence-electron chi connectivity index (χ2n) is 5.89. The molecule has 0 spiro atoms. The Bertz CT molecular complexity index is 985. The lowest BCUT2D eigenvalue weighted by molar-refractivity contribution is -0.385. The van der Waals surface area contributed by atoms with Gasteiger partial charge in [0.25, 0.3) is 0 Å². The zero-order valence-electron chi connectivity index (χ0n) is 15.5. The molecule has 0 aliphatic carbocycles. The highest BCUT2D eigenvalue weighted by Crippen LogP contribution is 2.27. The van der Waals surface area contributed by atoms with Gasteiger partial charge >= 0.3 is 5.69 Å². The zero-order valence-corrected chi connectivity index (χ0v) is 16.3. The van der Waals surface area contributed by atoms with Crippen molar-refractivity contribution in [2.45, 2.75) is 24.8 Å². The van der Waals surface area contributed by atoms with Crippen molar-refractivity contribution in [3.8, 4) is 5.75 Å². The average Bonchev–Trinajstić information content (AvgIpc) is 3.14. The minimum absolute atomic E-state index is 0.0940. The molecule has 0 unspecified atom stereocenters. The van der Waals surface area contributed by atoms with E-state index in [0.29, 0.717) is 17.3 Å². The summed E-state index contributed by atoms with van der Waals surface area (Å²) >= 11 is 1.51. The summed E-state index contributed by atoms with van der Waals surface area (Å²) in [4.78, 5) is 10.8. The predicted molar refractivity (Wildman–Crippen MR) is 108 cm³/mol. The number of hydrogen-bond donors (Lipinski definition) is 0. The lowest BCUT2D eigenvalue weighted by Crippen LogP contribution is -1.99. The minimum atomic E-state index is -0.468. The first-order valence-corrected chi connectivity index (χ1v) is 9.59. The van der Waals surface area contributed by atoms with Crippen molar-refractivity contribution in [1.82, 2.24) is 14.9 Å². The van der Waals surface area contributed by atoms with Crippen LogP contribution in [0.4, 0.5) is 5.69 Å². The summed E-state index contributed by atoms with van der Waals surface area (Å²) in [5.74, 6) is 0.978. The smallest absolute Gasteiger partial charge is 0.311 e. The molecule has 3 rings (SSSR count). The molecule has 0 saturated heterocycles. The van der Waals surface area contributed by atoms with E-state index in [1.807, 2.05) is 6.92 Å². The average molecular weight is 397 g/mol. The Hall–Kier alpha value is -3.20. The van der Waals surface area contributed by atoms with Gasteiger partial charge < -0.3 is 4.74 Å². The number of nitro groups is 1. The van der Waals surface area contributed by atoms with Crippen LogP contribution in [0, 0.1) is 17.0 Å². The van der Waals surface area contributed by atoms with Crippen LogP contribution in [-0.2, 0) is 5.75 Å². The van der Waals surface area contributed by atoms with Gasteiger partial charge in [0.1, 0.15) is 6.33 Å². The lowest BCUT2D eigenvalue weighted by atomic mass is 10.2. The van der Waals surface area contributed by atoms with Crippen molar-refractivity contribution in [3.05, 3.63) is 75.6 Å². The van der Waals surface area contributed by atoms with Crippen molar-refractivity contribution in [1.29, 1.82) is 0 Å². The molecule has 0 fully saturated rings. The van der Waals surface area contributed by atoms with Gasteiger partial charge in [-0.2, -0.15) is 9.78 Å². The number of nitro benzene ring substituents is 1. The second kappa shape index (κ2) is 9.14. The standard InChI is InChI=1S/C19H19N5O3S/c1-3-27-18-9-8-16(10-17(18)24(25)26)11-21-23-13-20-22-19(23)28-12-15-6-4-14(2)5-7-15/h4-11,13H,3,12H2,1-2H3/b21-11+. The van der Waals surface area contributed by atoms with E-state index < -0.39 is 4.92 Å². The number of thioether (sulfide) groups is 1. The quantitative estimate of drug-likeness (QED) is 0.246. The Labute approximate surface area is 166 Å². The highest BCUT2D eigenvalue weighted by Gasteiger charge is 2.15. The van der Waals surface area contributed by atoms with Gasteiger partial charge in [0, 0.05) is 17.4 Å². The first-order valence-electron chi connectivity index (χ1n) is 8.60. The van der Waals surface area contributed by atoms with Crippen LogP contribution in [0.5, 0.6) is 5.75 Å². The molecule has 1 aromatic heterocycles. The molecule has 0 bridgehead atoms. The van der Waals surface area contributed by atoms with E-state index in [2.05, 4.69) is 39.6 Å². The third kappa shape index (κ3) is 4.95. The Morgan fingerprint density at radius 3 is 2.79 bits per heavy atom. The van der Waals surface area contributed by atoms with E-state index in [1.165, 1.54) is 41.5 Å². The zero-order chi connectivity index (χ0) is 19.9. The summed E-state index contributed by atoms with van der Waals surface area (Å²) in [6.07, 6.45) is 3.03. The van der Waals surface area contributed by atoms with Crippen LogP contribution >= 0.6 is 11.8 Å². The Morgan fingerprint density at radius 1 is 1.29 bits per heavy atom. The fourth-order valence-electron chi connectivity index (χ4n) is 2.39. The summed E-state index contributed by atoms with van der Waals surface area (Å²) in [7, 11) is 0.